The van der Waals surface area contributed by atoms with E-state index >= 15 is 0 Å². The predicted octanol–water partition coefficient (Wildman–Crippen LogP) is 2.19. The van der Waals surface area contributed by atoms with Gasteiger partial charge in [-0.25, -0.2) is 4.98 Å². The molecule has 1 heterocycles. The normalized spacial score (nSPS) is 10.8. The zero-order valence-corrected chi connectivity index (χ0v) is 8.18. The second kappa shape index (κ2) is 3.85. The number of thiazole rings is 1. The molecule has 1 aromatic carbocycles. The van der Waals surface area contributed by atoms with Crippen LogP contribution < -0.4 is 5.73 Å². The van der Waals surface area contributed by atoms with Crippen LogP contribution in [0.25, 0.3) is 10.2 Å². The Morgan fingerprint density at radius 2 is 2.31 bits per heavy atom. The van der Waals surface area contributed by atoms with E-state index in [1.54, 1.807) is 11.3 Å². The fourth-order valence-electron chi connectivity index (χ4n) is 1.36. The fourth-order valence-corrected chi connectivity index (χ4v) is 2.10. The van der Waals surface area contributed by atoms with Crippen LogP contribution in [0.5, 0.6) is 0 Å². The van der Waals surface area contributed by atoms with Crippen molar-refractivity contribution in [1.29, 1.82) is 0 Å². The first kappa shape index (κ1) is 8.66. The van der Waals surface area contributed by atoms with Crippen molar-refractivity contribution in [2.45, 2.75) is 12.8 Å². The van der Waals surface area contributed by atoms with Crippen LogP contribution >= 0.6 is 11.3 Å². The Labute approximate surface area is 81.4 Å². The molecule has 0 unspecified atom stereocenters. The Hall–Kier alpha value is -0.930. The van der Waals surface area contributed by atoms with E-state index in [2.05, 4.69) is 23.2 Å². The van der Waals surface area contributed by atoms with Gasteiger partial charge in [-0.1, -0.05) is 6.07 Å². The van der Waals surface area contributed by atoms with E-state index in [0.29, 0.717) is 0 Å². The molecule has 2 rings (SSSR count). The average Bonchev–Trinajstić information content (AvgIpc) is 2.61. The predicted molar refractivity (Wildman–Crippen MR) is 57.0 cm³/mol. The standard InChI is InChI=1S/C10H12N2S/c11-5-1-2-8-3-4-9-10(6-8)13-7-12-9/h3-4,6-7H,1-2,5,11H2. The molecule has 1 aromatic heterocycles. The molecular formula is C10H12N2S. The maximum atomic E-state index is 5.46. The van der Waals surface area contributed by atoms with Crippen molar-refractivity contribution in [3.8, 4) is 0 Å². The van der Waals surface area contributed by atoms with E-state index in [1.165, 1.54) is 10.3 Å². The lowest BCUT2D eigenvalue weighted by Gasteiger charge is -1.98. The molecule has 68 valence electrons. The van der Waals surface area contributed by atoms with Crippen LogP contribution in [0.15, 0.2) is 23.7 Å². The van der Waals surface area contributed by atoms with Crippen LogP contribution in [0.4, 0.5) is 0 Å². The summed E-state index contributed by atoms with van der Waals surface area (Å²) in [5.41, 5.74) is 9.81. The van der Waals surface area contributed by atoms with Gasteiger partial charge in [-0.15, -0.1) is 11.3 Å². The van der Waals surface area contributed by atoms with Gasteiger partial charge < -0.3 is 5.73 Å². The topological polar surface area (TPSA) is 38.9 Å². The first-order chi connectivity index (χ1) is 6.40. The number of hydrogen-bond acceptors (Lipinski definition) is 3. The molecule has 0 aliphatic heterocycles. The fraction of sp³-hybridized carbons (Fsp3) is 0.300. The van der Waals surface area contributed by atoms with Gasteiger partial charge in [-0.2, -0.15) is 0 Å². The molecule has 0 saturated carbocycles. The number of hydrogen-bond donors (Lipinski definition) is 1. The van der Waals surface area contributed by atoms with Gasteiger partial charge in [-0.3, -0.25) is 0 Å². The third-order valence-electron chi connectivity index (χ3n) is 2.07. The quantitative estimate of drug-likeness (QED) is 0.809. The third kappa shape index (κ3) is 1.87. The van der Waals surface area contributed by atoms with Gasteiger partial charge >= 0.3 is 0 Å². The zero-order chi connectivity index (χ0) is 9.10. The van der Waals surface area contributed by atoms with Crippen LogP contribution in [0, 0.1) is 0 Å². The van der Waals surface area contributed by atoms with Gasteiger partial charge in [0.25, 0.3) is 0 Å². The number of aryl methyl sites for hydroxylation is 1. The van der Waals surface area contributed by atoms with E-state index < -0.39 is 0 Å². The molecular weight excluding hydrogens is 180 g/mol. The van der Waals surface area contributed by atoms with Crippen molar-refractivity contribution >= 4 is 21.6 Å². The van der Waals surface area contributed by atoms with Gasteiger partial charge in [0.2, 0.25) is 0 Å². The lowest BCUT2D eigenvalue weighted by Crippen LogP contribution is -1.99. The highest BCUT2D eigenvalue weighted by atomic mass is 32.1. The first-order valence-corrected chi connectivity index (χ1v) is 5.30. The highest BCUT2D eigenvalue weighted by Crippen LogP contribution is 2.19. The van der Waals surface area contributed by atoms with Crippen molar-refractivity contribution in [2.24, 2.45) is 5.73 Å². The summed E-state index contributed by atoms with van der Waals surface area (Å²) in [6, 6.07) is 6.43. The highest BCUT2D eigenvalue weighted by Gasteiger charge is 1.97. The van der Waals surface area contributed by atoms with Gasteiger partial charge in [0.1, 0.15) is 0 Å². The number of fused-ring (bicyclic) bond motifs is 1. The largest absolute Gasteiger partial charge is 0.330 e. The third-order valence-corrected chi connectivity index (χ3v) is 2.86. The van der Waals surface area contributed by atoms with Crippen molar-refractivity contribution in [3.05, 3.63) is 29.3 Å². The van der Waals surface area contributed by atoms with E-state index in [1.807, 2.05) is 5.51 Å². The number of benzene rings is 1. The van der Waals surface area contributed by atoms with Crippen LogP contribution in [0.2, 0.25) is 0 Å². The summed E-state index contributed by atoms with van der Waals surface area (Å²) in [5.74, 6) is 0. The Kier molecular flexibility index (Phi) is 2.57. The number of aromatic nitrogens is 1. The molecule has 2 nitrogen and oxygen atoms in total. The van der Waals surface area contributed by atoms with Crippen molar-refractivity contribution in [2.75, 3.05) is 6.54 Å². The zero-order valence-electron chi connectivity index (χ0n) is 7.36. The smallest absolute Gasteiger partial charge is 0.0812 e. The number of nitrogens with zero attached hydrogens (tertiary/aromatic N) is 1. The molecule has 0 aliphatic carbocycles. The van der Waals surface area contributed by atoms with Gasteiger partial charge in [0.05, 0.1) is 15.7 Å². The van der Waals surface area contributed by atoms with Crippen LogP contribution in [0.3, 0.4) is 0 Å². The summed E-state index contributed by atoms with van der Waals surface area (Å²) in [5, 5.41) is 0. The summed E-state index contributed by atoms with van der Waals surface area (Å²) in [7, 11) is 0. The molecule has 3 heteroatoms. The Morgan fingerprint density at radius 3 is 3.15 bits per heavy atom. The van der Waals surface area contributed by atoms with Crippen LogP contribution in [0.1, 0.15) is 12.0 Å². The molecule has 0 spiro atoms. The monoisotopic (exact) mass is 192 g/mol. The Bertz CT molecular complexity index is 394. The maximum absolute atomic E-state index is 5.46. The van der Waals surface area contributed by atoms with Crippen molar-refractivity contribution < 1.29 is 0 Å². The minimum Gasteiger partial charge on any atom is -0.330 e. The maximum Gasteiger partial charge on any atom is 0.0812 e. The molecule has 0 radical (unpaired) electrons. The summed E-state index contributed by atoms with van der Waals surface area (Å²) in [6.07, 6.45) is 2.13. The molecule has 0 bridgehead atoms. The molecule has 2 N–H and O–H groups in total. The summed E-state index contributed by atoms with van der Waals surface area (Å²) in [6.45, 7) is 0.765. The molecule has 0 amide bonds. The first-order valence-electron chi connectivity index (χ1n) is 4.42. The molecule has 2 aromatic rings. The van der Waals surface area contributed by atoms with Crippen LogP contribution in [-0.4, -0.2) is 11.5 Å². The highest BCUT2D eigenvalue weighted by molar-refractivity contribution is 7.16. The van der Waals surface area contributed by atoms with E-state index in [4.69, 9.17) is 5.73 Å². The second-order valence-electron chi connectivity index (χ2n) is 3.05. The summed E-state index contributed by atoms with van der Waals surface area (Å²) in [4.78, 5) is 4.23. The molecule has 0 aliphatic rings. The number of nitrogens with two attached hydrogens (primary N) is 1. The van der Waals surface area contributed by atoms with Gasteiger partial charge in [0, 0.05) is 0 Å². The van der Waals surface area contributed by atoms with Crippen molar-refractivity contribution in [3.63, 3.8) is 0 Å². The minimum absolute atomic E-state index is 0.765. The SMILES string of the molecule is NCCCc1ccc2ncsc2c1. The molecule has 13 heavy (non-hydrogen) atoms. The van der Waals surface area contributed by atoms with E-state index in [9.17, 15) is 0 Å². The lowest BCUT2D eigenvalue weighted by molar-refractivity contribution is 0.833. The molecule has 0 fully saturated rings. The lowest BCUT2D eigenvalue weighted by atomic mass is 10.1. The number of rotatable bonds is 3. The van der Waals surface area contributed by atoms with E-state index in [0.717, 1.165) is 24.9 Å². The Morgan fingerprint density at radius 1 is 1.38 bits per heavy atom. The Balaban J connectivity index is 2.26. The van der Waals surface area contributed by atoms with Gasteiger partial charge in [0.15, 0.2) is 0 Å². The minimum atomic E-state index is 0.765. The average molecular weight is 192 g/mol. The molecule has 0 atom stereocenters. The molecule has 0 saturated heterocycles. The second-order valence-corrected chi connectivity index (χ2v) is 3.93. The van der Waals surface area contributed by atoms with Gasteiger partial charge in [-0.05, 0) is 37.1 Å². The summed E-state index contributed by atoms with van der Waals surface area (Å²) >= 11 is 1.69. The van der Waals surface area contributed by atoms with E-state index in [-0.39, 0.29) is 0 Å². The van der Waals surface area contributed by atoms with Crippen molar-refractivity contribution in [1.82, 2.24) is 4.98 Å². The summed E-state index contributed by atoms with van der Waals surface area (Å²) < 4.78 is 1.27. The van der Waals surface area contributed by atoms with Crippen LogP contribution in [-0.2, 0) is 6.42 Å².